The molecule has 124 valence electrons. The highest BCUT2D eigenvalue weighted by atomic mass is 35.5. The van der Waals surface area contributed by atoms with Crippen molar-refractivity contribution in [1.29, 1.82) is 0 Å². The third kappa shape index (κ3) is 2.56. The largest absolute Gasteiger partial charge is 0.497 e. The molecule has 0 fully saturated rings. The van der Waals surface area contributed by atoms with Crippen molar-refractivity contribution in [1.82, 2.24) is 0 Å². The summed E-state index contributed by atoms with van der Waals surface area (Å²) in [5.41, 5.74) is -0.660. The van der Waals surface area contributed by atoms with E-state index in [1.807, 2.05) is 0 Å². The average molecular weight is 346 g/mol. The molecule has 0 saturated carbocycles. The van der Waals surface area contributed by atoms with Gasteiger partial charge in [0.2, 0.25) is 0 Å². The van der Waals surface area contributed by atoms with Crippen LogP contribution in [0.25, 0.3) is 0 Å². The van der Waals surface area contributed by atoms with Crippen molar-refractivity contribution >= 4 is 29.0 Å². The molecule has 0 radical (unpaired) electrons. The second-order valence-electron chi connectivity index (χ2n) is 5.72. The first-order valence-electron chi connectivity index (χ1n) is 7.34. The lowest BCUT2D eigenvalue weighted by Crippen LogP contribution is -2.40. The molecule has 1 aliphatic heterocycles. The summed E-state index contributed by atoms with van der Waals surface area (Å²) in [7, 11) is 3.06. The van der Waals surface area contributed by atoms with E-state index in [1.54, 1.807) is 43.4 Å². The SMILES string of the molecule is COc1cccc(C(=O)C[C@]2(O)C(=O)N(C)c3ccc(Cl)cc32)c1. The molecule has 2 aromatic carbocycles. The zero-order valence-electron chi connectivity index (χ0n) is 13.2. The number of likely N-dealkylation sites (N-methyl/N-ethyl adjacent to an activating group) is 1. The van der Waals surface area contributed by atoms with E-state index in [9.17, 15) is 14.7 Å². The van der Waals surface area contributed by atoms with Crippen LogP contribution in [-0.4, -0.2) is 31.0 Å². The summed E-state index contributed by atoms with van der Waals surface area (Å²) in [6.45, 7) is 0. The van der Waals surface area contributed by atoms with Gasteiger partial charge < -0.3 is 14.7 Å². The minimum Gasteiger partial charge on any atom is -0.497 e. The predicted octanol–water partition coefficient (Wildman–Crippen LogP) is 2.79. The van der Waals surface area contributed by atoms with Gasteiger partial charge in [0.05, 0.1) is 19.2 Å². The highest BCUT2D eigenvalue weighted by molar-refractivity contribution is 6.31. The Kier molecular flexibility index (Phi) is 4.07. The molecule has 5 nitrogen and oxygen atoms in total. The van der Waals surface area contributed by atoms with E-state index >= 15 is 0 Å². The molecule has 2 aromatic rings. The molecule has 1 N–H and O–H groups in total. The molecule has 24 heavy (non-hydrogen) atoms. The molecule has 1 amide bonds. The lowest BCUT2D eigenvalue weighted by atomic mass is 9.88. The Bertz CT molecular complexity index is 836. The number of nitrogens with zero attached hydrogens (tertiary/aromatic N) is 1. The van der Waals surface area contributed by atoms with E-state index in [-0.39, 0.29) is 12.2 Å². The summed E-state index contributed by atoms with van der Waals surface area (Å²) >= 11 is 6.00. The van der Waals surface area contributed by atoms with Gasteiger partial charge in [-0.05, 0) is 30.3 Å². The molecule has 0 saturated heterocycles. The van der Waals surface area contributed by atoms with Crippen LogP contribution in [0.4, 0.5) is 5.69 Å². The first kappa shape index (κ1) is 16.5. The number of carbonyl (C=O) groups excluding carboxylic acids is 2. The van der Waals surface area contributed by atoms with Crippen LogP contribution in [0.15, 0.2) is 42.5 Å². The van der Waals surface area contributed by atoms with Crippen molar-refractivity contribution < 1.29 is 19.4 Å². The number of rotatable bonds is 4. The van der Waals surface area contributed by atoms with Crippen LogP contribution < -0.4 is 9.64 Å². The summed E-state index contributed by atoms with van der Waals surface area (Å²) in [6, 6.07) is 11.4. The zero-order valence-corrected chi connectivity index (χ0v) is 14.0. The van der Waals surface area contributed by atoms with Crippen molar-refractivity contribution in [2.24, 2.45) is 0 Å². The summed E-state index contributed by atoms with van der Waals surface area (Å²) in [5.74, 6) is -0.367. The van der Waals surface area contributed by atoms with Gasteiger partial charge in [-0.3, -0.25) is 9.59 Å². The Balaban J connectivity index is 1.98. The first-order valence-corrected chi connectivity index (χ1v) is 7.72. The molecular weight excluding hydrogens is 330 g/mol. The van der Waals surface area contributed by atoms with Gasteiger partial charge in [-0.15, -0.1) is 0 Å². The Morgan fingerprint density at radius 3 is 2.75 bits per heavy atom. The maximum Gasteiger partial charge on any atom is 0.263 e. The monoisotopic (exact) mass is 345 g/mol. The third-order valence-corrected chi connectivity index (χ3v) is 4.47. The van der Waals surface area contributed by atoms with E-state index in [0.717, 1.165) is 0 Å². The van der Waals surface area contributed by atoms with Crippen molar-refractivity contribution in [2.45, 2.75) is 12.0 Å². The number of fused-ring (bicyclic) bond motifs is 1. The van der Waals surface area contributed by atoms with Crippen LogP contribution in [0.2, 0.25) is 5.02 Å². The molecule has 1 atom stereocenters. The van der Waals surface area contributed by atoms with E-state index in [1.165, 1.54) is 18.1 Å². The minimum absolute atomic E-state index is 0.346. The lowest BCUT2D eigenvalue weighted by molar-refractivity contribution is -0.135. The number of amides is 1. The number of carbonyl (C=O) groups is 2. The number of benzene rings is 2. The molecular formula is C18H16ClNO4. The Morgan fingerprint density at radius 2 is 2.04 bits per heavy atom. The number of anilines is 1. The van der Waals surface area contributed by atoms with Crippen molar-refractivity contribution in [3.8, 4) is 5.75 Å². The molecule has 3 rings (SSSR count). The fraction of sp³-hybridized carbons (Fsp3) is 0.222. The predicted molar refractivity (Wildman–Crippen MR) is 90.7 cm³/mol. The molecule has 6 heteroatoms. The van der Waals surface area contributed by atoms with Crippen LogP contribution >= 0.6 is 11.6 Å². The molecule has 1 heterocycles. The third-order valence-electron chi connectivity index (χ3n) is 4.23. The first-order chi connectivity index (χ1) is 11.4. The number of hydrogen-bond donors (Lipinski definition) is 1. The van der Waals surface area contributed by atoms with Crippen molar-refractivity contribution in [2.75, 3.05) is 19.1 Å². The van der Waals surface area contributed by atoms with E-state index in [2.05, 4.69) is 0 Å². The normalized spacial score (nSPS) is 19.3. The second-order valence-corrected chi connectivity index (χ2v) is 6.15. The number of ketones is 1. The molecule has 0 bridgehead atoms. The number of ether oxygens (including phenoxy) is 1. The summed E-state index contributed by atoms with van der Waals surface area (Å²) < 4.78 is 5.10. The number of methoxy groups -OCH3 is 1. The second kappa shape index (κ2) is 5.92. The van der Waals surface area contributed by atoms with E-state index in [4.69, 9.17) is 16.3 Å². The lowest BCUT2D eigenvalue weighted by Gasteiger charge is -2.21. The minimum atomic E-state index is -1.92. The Hall–Kier alpha value is -2.37. The molecule has 0 unspecified atom stereocenters. The standard InChI is InChI=1S/C18H16ClNO4/c1-20-15-7-6-12(19)9-14(15)18(23,17(20)22)10-16(21)11-4-3-5-13(8-11)24-2/h3-9,23H,10H2,1-2H3/t18-/m1/s1. The maximum atomic E-state index is 12.6. The maximum absolute atomic E-state index is 12.6. The van der Waals surface area contributed by atoms with Gasteiger partial charge in [-0.2, -0.15) is 0 Å². The number of halogens is 1. The van der Waals surface area contributed by atoms with E-state index in [0.29, 0.717) is 27.6 Å². The van der Waals surface area contributed by atoms with Gasteiger partial charge in [-0.25, -0.2) is 0 Å². The highest BCUT2D eigenvalue weighted by Crippen LogP contribution is 2.43. The fourth-order valence-electron chi connectivity index (χ4n) is 2.94. The van der Waals surface area contributed by atoms with Crippen LogP contribution in [0.3, 0.4) is 0 Å². The average Bonchev–Trinajstić information content (AvgIpc) is 2.76. The van der Waals surface area contributed by atoms with Gasteiger partial charge >= 0.3 is 0 Å². The molecule has 0 spiro atoms. The van der Waals surface area contributed by atoms with Crippen LogP contribution in [0, 0.1) is 0 Å². The van der Waals surface area contributed by atoms with Crippen LogP contribution in [0.5, 0.6) is 5.75 Å². The Labute approximate surface area is 144 Å². The topological polar surface area (TPSA) is 66.8 Å². The van der Waals surface area contributed by atoms with Crippen molar-refractivity contribution in [3.05, 3.63) is 58.6 Å². The molecule has 0 aliphatic carbocycles. The van der Waals surface area contributed by atoms with Gasteiger partial charge in [0.25, 0.3) is 5.91 Å². The number of aliphatic hydroxyl groups is 1. The van der Waals surface area contributed by atoms with Gasteiger partial charge in [0.1, 0.15) is 5.75 Å². The number of Topliss-reactive ketones (excluding diaryl/α,β-unsaturated/α-hetero) is 1. The van der Waals surface area contributed by atoms with E-state index < -0.39 is 11.5 Å². The van der Waals surface area contributed by atoms with Crippen molar-refractivity contribution in [3.63, 3.8) is 0 Å². The zero-order chi connectivity index (χ0) is 17.5. The van der Waals surface area contributed by atoms with Gasteiger partial charge in [-0.1, -0.05) is 23.7 Å². The fourth-order valence-corrected chi connectivity index (χ4v) is 3.11. The van der Waals surface area contributed by atoms with Crippen LogP contribution in [0.1, 0.15) is 22.3 Å². The summed E-state index contributed by atoms with van der Waals surface area (Å²) in [6.07, 6.45) is -0.364. The van der Waals surface area contributed by atoms with Gasteiger partial charge in [0, 0.05) is 23.2 Å². The highest BCUT2D eigenvalue weighted by Gasteiger charge is 2.49. The molecule has 0 aromatic heterocycles. The Morgan fingerprint density at radius 1 is 1.29 bits per heavy atom. The summed E-state index contributed by atoms with van der Waals surface area (Å²) in [5, 5.41) is 11.4. The van der Waals surface area contributed by atoms with Gasteiger partial charge in [0.15, 0.2) is 11.4 Å². The molecule has 1 aliphatic rings. The summed E-state index contributed by atoms with van der Waals surface area (Å²) in [4.78, 5) is 26.5. The smallest absolute Gasteiger partial charge is 0.263 e. The number of hydrogen-bond acceptors (Lipinski definition) is 4. The van der Waals surface area contributed by atoms with Crippen LogP contribution in [-0.2, 0) is 10.4 Å². The quantitative estimate of drug-likeness (QED) is 0.865.